The number of aliphatic carboxylic acids is 1. The van der Waals surface area contributed by atoms with Crippen molar-refractivity contribution in [2.45, 2.75) is 26.2 Å². The molecule has 3 N–H and O–H groups in total. The molecule has 2 rings (SSSR count). The Kier molecular flexibility index (Phi) is 4.26. The SMILES string of the molecule is Cc1ccc(C(=O)O)cc1NC(=O)[C@@H]1CC[C@H](C(=O)O)C1. The first-order valence-electron chi connectivity index (χ1n) is 6.76. The molecule has 0 bridgehead atoms. The van der Waals surface area contributed by atoms with Crippen molar-refractivity contribution in [2.75, 3.05) is 5.32 Å². The number of carbonyl (C=O) groups is 3. The van der Waals surface area contributed by atoms with Gasteiger partial charge in [-0.05, 0) is 43.9 Å². The van der Waals surface area contributed by atoms with Crippen LogP contribution in [0.4, 0.5) is 5.69 Å². The Labute approximate surface area is 121 Å². The van der Waals surface area contributed by atoms with Crippen molar-refractivity contribution >= 4 is 23.5 Å². The zero-order chi connectivity index (χ0) is 15.6. The summed E-state index contributed by atoms with van der Waals surface area (Å²) in [6, 6.07) is 4.52. The number of nitrogens with one attached hydrogen (secondary N) is 1. The predicted octanol–water partition coefficient (Wildman–Crippen LogP) is 2.13. The van der Waals surface area contributed by atoms with Crippen molar-refractivity contribution in [2.24, 2.45) is 11.8 Å². The number of aromatic carboxylic acids is 1. The third-order valence-corrected chi connectivity index (χ3v) is 3.90. The minimum atomic E-state index is -1.06. The molecule has 6 nitrogen and oxygen atoms in total. The van der Waals surface area contributed by atoms with E-state index in [1.807, 2.05) is 0 Å². The van der Waals surface area contributed by atoms with Crippen molar-refractivity contribution in [3.63, 3.8) is 0 Å². The summed E-state index contributed by atoms with van der Waals surface area (Å²) in [6.45, 7) is 1.77. The second-order valence-corrected chi connectivity index (χ2v) is 5.37. The maximum Gasteiger partial charge on any atom is 0.335 e. The molecular formula is C15H17NO5. The van der Waals surface area contributed by atoms with Crippen molar-refractivity contribution in [1.82, 2.24) is 0 Å². The molecule has 6 heteroatoms. The Morgan fingerprint density at radius 2 is 1.81 bits per heavy atom. The van der Waals surface area contributed by atoms with Crippen LogP contribution in [0.3, 0.4) is 0 Å². The quantitative estimate of drug-likeness (QED) is 0.788. The van der Waals surface area contributed by atoms with E-state index in [1.54, 1.807) is 13.0 Å². The van der Waals surface area contributed by atoms with Crippen molar-refractivity contribution < 1.29 is 24.6 Å². The minimum Gasteiger partial charge on any atom is -0.481 e. The number of carbonyl (C=O) groups excluding carboxylic acids is 1. The van der Waals surface area contributed by atoms with Crippen molar-refractivity contribution in [3.8, 4) is 0 Å². The maximum atomic E-state index is 12.2. The van der Waals surface area contributed by atoms with E-state index >= 15 is 0 Å². The number of carboxylic acids is 2. The van der Waals surface area contributed by atoms with Crippen LogP contribution >= 0.6 is 0 Å². The lowest BCUT2D eigenvalue weighted by Gasteiger charge is -2.13. The molecule has 1 fully saturated rings. The number of hydrogen-bond acceptors (Lipinski definition) is 3. The number of amides is 1. The van der Waals surface area contributed by atoms with Gasteiger partial charge in [-0.3, -0.25) is 9.59 Å². The van der Waals surface area contributed by atoms with E-state index in [1.165, 1.54) is 12.1 Å². The summed E-state index contributed by atoms with van der Waals surface area (Å²) < 4.78 is 0. The van der Waals surface area contributed by atoms with Crippen LogP contribution in [0, 0.1) is 18.8 Å². The smallest absolute Gasteiger partial charge is 0.335 e. The lowest BCUT2D eigenvalue weighted by atomic mass is 10.0. The third kappa shape index (κ3) is 3.39. The molecule has 1 saturated carbocycles. The first kappa shape index (κ1) is 15.0. The molecule has 1 aromatic carbocycles. The molecule has 0 spiro atoms. The van der Waals surface area contributed by atoms with Gasteiger partial charge >= 0.3 is 11.9 Å². The summed E-state index contributed by atoms with van der Waals surface area (Å²) >= 11 is 0. The average molecular weight is 291 g/mol. The van der Waals surface area contributed by atoms with E-state index < -0.39 is 17.9 Å². The van der Waals surface area contributed by atoms with Crippen LogP contribution in [0.25, 0.3) is 0 Å². The molecule has 0 saturated heterocycles. The highest BCUT2D eigenvalue weighted by Crippen LogP contribution is 2.32. The Bertz CT molecular complexity index is 596. The monoisotopic (exact) mass is 291 g/mol. The highest BCUT2D eigenvalue weighted by molar-refractivity contribution is 5.96. The molecule has 1 aromatic rings. The summed E-state index contributed by atoms with van der Waals surface area (Å²) in [7, 11) is 0. The van der Waals surface area contributed by atoms with E-state index in [2.05, 4.69) is 5.32 Å². The normalized spacial score (nSPS) is 21.0. The first-order chi connectivity index (χ1) is 9.88. The Morgan fingerprint density at radius 1 is 1.14 bits per heavy atom. The molecule has 1 aliphatic rings. The number of anilines is 1. The summed E-state index contributed by atoms with van der Waals surface area (Å²) in [5, 5.41) is 20.6. The second kappa shape index (κ2) is 5.95. The number of aryl methyl sites for hydroxylation is 1. The first-order valence-corrected chi connectivity index (χ1v) is 6.76. The third-order valence-electron chi connectivity index (χ3n) is 3.90. The van der Waals surface area contributed by atoms with Crippen molar-refractivity contribution in [1.29, 1.82) is 0 Å². The average Bonchev–Trinajstić information content (AvgIpc) is 2.90. The fourth-order valence-electron chi connectivity index (χ4n) is 2.57. The van der Waals surface area contributed by atoms with E-state index in [9.17, 15) is 14.4 Å². The second-order valence-electron chi connectivity index (χ2n) is 5.37. The highest BCUT2D eigenvalue weighted by Gasteiger charge is 2.33. The lowest BCUT2D eigenvalue weighted by Crippen LogP contribution is -2.22. The zero-order valence-corrected chi connectivity index (χ0v) is 11.6. The summed E-state index contributed by atoms with van der Waals surface area (Å²) in [4.78, 5) is 34.0. The number of rotatable bonds is 4. The van der Waals surface area contributed by atoms with Gasteiger partial charge in [0, 0.05) is 11.6 Å². The number of benzene rings is 1. The Morgan fingerprint density at radius 3 is 2.38 bits per heavy atom. The molecular weight excluding hydrogens is 274 g/mol. The van der Waals surface area contributed by atoms with Crippen LogP contribution in [0.1, 0.15) is 35.2 Å². The number of hydrogen-bond donors (Lipinski definition) is 3. The van der Waals surface area contributed by atoms with E-state index in [4.69, 9.17) is 10.2 Å². The maximum absolute atomic E-state index is 12.2. The topological polar surface area (TPSA) is 104 Å². The predicted molar refractivity (Wildman–Crippen MR) is 75.2 cm³/mol. The van der Waals surface area contributed by atoms with Gasteiger partial charge in [-0.1, -0.05) is 6.07 Å². The molecule has 0 radical (unpaired) electrons. The molecule has 1 amide bonds. The Hall–Kier alpha value is -2.37. The van der Waals surface area contributed by atoms with E-state index in [-0.39, 0.29) is 17.4 Å². The molecule has 0 heterocycles. The molecule has 1 aliphatic carbocycles. The zero-order valence-electron chi connectivity index (χ0n) is 11.6. The fraction of sp³-hybridized carbons (Fsp3) is 0.400. The van der Waals surface area contributed by atoms with E-state index in [0.717, 1.165) is 5.56 Å². The highest BCUT2D eigenvalue weighted by atomic mass is 16.4. The van der Waals surface area contributed by atoms with Gasteiger partial charge in [0.25, 0.3) is 0 Å². The largest absolute Gasteiger partial charge is 0.481 e. The summed E-state index contributed by atoms with van der Waals surface area (Å²) in [5.41, 5.74) is 1.32. The van der Waals surface area contributed by atoms with E-state index in [0.29, 0.717) is 24.9 Å². The van der Waals surface area contributed by atoms with Gasteiger partial charge in [-0.2, -0.15) is 0 Å². The van der Waals surface area contributed by atoms with Gasteiger partial charge in [0.2, 0.25) is 5.91 Å². The van der Waals surface area contributed by atoms with Gasteiger partial charge in [0.05, 0.1) is 11.5 Å². The molecule has 112 valence electrons. The van der Waals surface area contributed by atoms with Crippen molar-refractivity contribution in [3.05, 3.63) is 29.3 Å². The van der Waals surface area contributed by atoms with Crippen LogP contribution < -0.4 is 5.32 Å². The van der Waals surface area contributed by atoms with Gasteiger partial charge < -0.3 is 15.5 Å². The summed E-state index contributed by atoms with van der Waals surface area (Å²) in [5.74, 6) is -2.97. The molecule has 2 atom stereocenters. The van der Waals surface area contributed by atoms with Gasteiger partial charge in [-0.15, -0.1) is 0 Å². The molecule has 0 aliphatic heterocycles. The number of carboxylic acid groups (broad SMARTS) is 2. The van der Waals surface area contributed by atoms with Crippen LogP contribution in [-0.4, -0.2) is 28.1 Å². The summed E-state index contributed by atoms with van der Waals surface area (Å²) in [6.07, 6.45) is 1.38. The molecule has 21 heavy (non-hydrogen) atoms. The van der Waals surface area contributed by atoms with Gasteiger partial charge in [0.1, 0.15) is 0 Å². The lowest BCUT2D eigenvalue weighted by molar-refractivity contribution is -0.141. The van der Waals surface area contributed by atoms with Gasteiger partial charge in [0.15, 0.2) is 0 Å². The van der Waals surface area contributed by atoms with Crippen LogP contribution in [0.5, 0.6) is 0 Å². The van der Waals surface area contributed by atoms with Crippen LogP contribution in [-0.2, 0) is 9.59 Å². The van der Waals surface area contributed by atoms with Gasteiger partial charge in [-0.25, -0.2) is 4.79 Å². The molecule has 0 unspecified atom stereocenters. The standard InChI is InChI=1S/C15H17NO5/c1-8-2-3-11(15(20)21)7-12(8)16-13(17)9-4-5-10(6-9)14(18)19/h2-3,7,9-10H,4-6H2,1H3,(H,16,17)(H,18,19)(H,20,21)/t9-,10+/m1/s1. The minimum absolute atomic E-state index is 0.103. The Balaban J connectivity index is 2.08. The van der Waals surface area contributed by atoms with Crippen LogP contribution in [0.15, 0.2) is 18.2 Å². The fourth-order valence-corrected chi connectivity index (χ4v) is 2.57. The van der Waals surface area contributed by atoms with Crippen LogP contribution in [0.2, 0.25) is 0 Å². The molecule has 0 aromatic heterocycles.